The zero-order chi connectivity index (χ0) is 9.84. The maximum absolute atomic E-state index is 8.67. The van der Waals surface area contributed by atoms with Crippen molar-refractivity contribution < 1.29 is 0 Å². The molecule has 0 aromatic heterocycles. The van der Waals surface area contributed by atoms with Crippen molar-refractivity contribution >= 4 is 34.2 Å². The molecule has 0 saturated carbocycles. The first kappa shape index (κ1) is 10.8. The average Bonchev–Trinajstić information content (AvgIpc) is 2.13. The zero-order valence-corrected chi connectivity index (χ0v) is 10.1. The molecule has 1 nitrogen and oxygen atoms in total. The summed E-state index contributed by atoms with van der Waals surface area (Å²) in [4.78, 5) is 0. The number of rotatable bonds is 2. The molecule has 1 rings (SSSR count). The lowest BCUT2D eigenvalue weighted by atomic mass is 10.0. The molecule has 0 amide bonds. The van der Waals surface area contributed by atoms with E-state index in [-0.39, 0.29) is 5.92 Å². The van der Waals surface area contributed by atoms with Crippen molar-refractivity contribution in [2.24, 2.45) is 5.92 Å². The lowest BCUT2D eigenvalue weighted by Gasteiger charge is -2.06. The van der Waals surface area contributed by atoms with Crippen LogP contribution in [-0.4, -0.2) is 0 Å². The SMILES string of the molecule is CC(C#N)Cc1cccc(Cl)c1I. The molecule has 0 bridgehead atoms. The molecule has 3 heteroatoms. The van der Waals surface area contributed by atoms with Crippen molar-refractivity contribution in [1.82, 2.24) is 0 Å². The van der Waals surface area contributed by atoms with Crippen molar-refractivity contribution in [3.63, 3.8) is 0 Å². The topological polar surface area (TPSA) is 23.8 Å². The smallest absolute Gasteiger partial charge is 0.0656 e. The Balaban J connectivity index is 2.90. The van der Waals surface area contributed by atoms with Crippen LogP contribution in [0.3, 0.4) is 0 Å². The van der Waals surface area contributed by atoms with Crippen LogP contribution in [0.15, 0.2) is 18.2 Å². The summed E-state index contributed by atoms with van der Waals surface area (Å²) in [7, 11) is 0. The molecule has 13 heavy (non-hydrogen) atoms. The van der Waals surface area contributed by atoms with E-state index in [0.717, 1.165) is 20.6 Å². The Morgan fingerprint density at radius 2 is 2.31 bits per heavy atom. The van der Waals surface area contributed by atoms with Crippen LogP contribution in [0.2, 0.25) is 5.02 Å². The summed E-state index contributed by atoms with van der Waals surface area (Å²) in [5.74, 6) is 0.0481. The summed E-state index contributed by atoms with van der Waals surface area (Å²) < 4.78 is 1.06. The predicted octanol–water partition coefficient (Wildman–Crippen LogP) is 3.65. The molecule has 1 unspecified atom stereocenters. The molecule has 0 heterocycles. The van der Waals surface area contributed by atoms with Crippen LogP contribution < -0.4 is 0 Å². The molecule has 0 saturated heterocycles. The van der Waals surface area contributed by atoms with Crippen molar-refractivity contribution in [1.29, 1.82) is 5.26 Å². The van der Waals surface area contributed by atoms with Crippen molar-refractivity contribution in [3.05, 3.63) is 32.4 Å². The molecule has 0 radical (unpaired) electrons. The molecule has 68 valence electrons. The minimum atomic E-state index is 0.0481. The molecule has 0 aliphatic rings. The van der Waals surface area contributed by atoms with Crippen LogP contribution in [0.25, 0.3) is 0 Å². The quantitative estimate of drug-likeness (QED) is 0.765. The monoisotopic (exact) mass is 305 g/mol. The third kappa shape index (κ3) is 2.85. The second-order valence-electron chi connectivity index (χ2n) is 2.95. The van der Waals surface area contributed by atoms with Crippen LogP contribution >= 0.6 is 34.2 Å². The fraction of sp³-hybridized carbons (Fsp3) is 0.300. The summed E-state index contributed by atoms with van der Waals surface area (Å²) in [5, 5.41) is 9.44. The maximum Gasteiger partial charge on any atom is 0.0656 e. The lowest BCUT2D eigenvalue weighted by molar-refractivity contribution is 0.736. The number of benzene rings is 1. The van der Waals surface area contributed by atoms with Gasteiger partial charge >= 0.3 is 0 Å². The van der Waals surface area contributed by atoms with Gasteiger partial charge in [-0.15, -0.1) is 0 Å². The maximum atomic E-state index is 8.67. The molecule has 0 N–H and O–H groups in total. The first-order valence-corrected chi connectivity index (χ1v) is 5.43. The summed E-state index contributed by atoms with van der Waals surface area (Å²) in [6, 6.07) is 8.01. The molecule has 0 fully saturated rings. The van der Waals surface area contributed by atoms with Gasteiger partial charge in [0, 0.05) is 9.49 Å². The van der Waals surface area contributed by atoms with Crippen molar-refractivity contribution in [2.75, 3.05) is 0 Å². The highest BCUT2D eigenvalue weighted by Crippen LogP contribution is 2.23. The molecular formula is C10H9ClIN. The molecule has 1 aromatic carbocycles. The molecule has 1 aromatic rings. The highest BCUT2D eigenvalue weighted by atomic mass is 127. The highest BCUT2D eigenvalue weighted by Gasteiger charge is 2.07. The van der Waals surface area contributed by atoms with Gasteiger partial charge in [0.1, 0.15) is 0 Å². The second-order valence-corrected chi connectivity index (χ2v) is 4.43. The first-order chi connectivity index (χ1) is 6.15. The average molecular weight is 306 g/mol. The van der Waals surface area contributed by atoms with Gasteiger partial charge in [-0.25, -0.2) is 0 Å². The Labute approximate surface area is 96.8 Å². The van der Waals surface area contributed by atoms with Gasteiger partial charge < -0.3 is 0 Å². The van der Waals surface area contributed by atoms with E-state index in [0.29, 0.717) is 0 Å². The van der Waals surface area contributed by atoms with Crippen LogP contribution in [-0.2, 0) is 6.42 Å². The summed E-state index contributed by atoms with van der Waals surface area (Å²) >= 11 is 8.16. The van der Waals surface area contributed by atoms with Crippen LogP contribution in [0.4, 0.5) is 0 Å². The van der Waals surface area contributed by atoms with E-state index >= 15 is 0 Å². The van der Waals surface area contributed by atoms with E-state index in [1.807, 2.05) is 25.1 Å². The number of hydrogen-bond donors (Lipinski definition) is 0. The van der Waals surface area contributed by atoms with Crippen molar-refractivity contribution in [2.45, 2.75) is 13.3 Å². The normalized spacial score (nSPS) is 12.2. The fourth-order valence-electron chi connectivity index (χ4n) is 1.08. The fourth-order valence-corrected chi connectivity index (χ4v) is 1.86. The number of nitrogens with zero attached hydrogens (tertiary/aromatic N) is 1. The van der Waals surface area contributed by atoms with Crippen molar-refractivity contribution in [3.8, 4) is 6.07 Å². The number of nitriles is 1. The Morgan fingerprint density at radius 3 is 2.92 bits per heavy atom. The van der Waals surface area contributed by atoms with E-state index < -0.39 is 0 Å². The van der Waals surface area contributed by atoms with Gasteiger partial charge in [0.25, 0.3) is 0 Å². The molecule has 1 atom stereocenters. The largest absolute Gasteiger partial charge is 0.198 e. The van der Waals surface area contributed by atoms with E-state index in [9.17, 15) is 0 Å². The summed E-state index contributed by atoms with van der Waals surface area (Å²) in [5.41, 5.74) is 1.15. The molecular weight excluding hydrogens is 296 g/mol. The number of halogens is 2. The third-order valence-electron chi connectivity index (χ3n) is 1.78. The van der Waals surface area contributed by atoms with Crippen LogP contribution in [0.5, 0.6) is 0 Å². The number of hydrogen-bond acceptors (Lipinski definition) is 1. The Bertz CT molecular complexity index is 343. The molecule has 0 aliphatic heterocycles. The van der Waals surface area contributed by atoms with Gasteiger partial charge in [0.15, 0.2) is 0 Å². The molecule has 0 spiro atoms. The van der Waals surface area contributed by atoms with Gasteiger partial charge in [-0.3, -0.25) is 0 Å². The lowest BCUT2D eigenvalue weighted by Crippen LogP contribution is -1.98. The Hall–Kier alpha value is -0.270. The van der Waals surface area contributed by atoms with Gasteiger partial charge in [-0.2, -0.15) is 5.26 Å². The van der Waals surface area contributed by atoms with Gasteiger partial charge in [0.2, 0.25) is 0 Å². The highest BCUT2D eigenvalue weighted by molar-refractivity contribution is 14.1. The minimum absolute atomic E-state index is 0.0481. The van der Waals surface area contributed by atoms with Crippen LogP contribution in [0, 0.1) is 20.8 Å². The summed E-state index contributed by atoms with van der Waals surface area (Å²) in [6.07, 6.45) is 0.773. The Kier molecular flexibility index (Phi) is 4.01. The second kappa shape index (κ2) is 4.83. The van der Waals surface area contributed by atoms with E-state index in [4.69, 9.17) is 16.9 Å². The van der Waals surface area contributed by atoms with E-state index in [1.54, 1.807) is 0 Å². The zero-order valence-electron chi connectivity index (χ0n) is 7.22. The standard InChI is InChI=1S/C10H9ClIN/c1-7(6-13)5-8-3-2-4-9(11)10(8)12/h2-4,7H,5H2,1H3. The minimum Gasteiger partial charge on any atom is -0.198 e. The summed E-state index contributed by atoms with van der Waals surface area (Å²) in [6.45, 7) is 1.91. The molecule has 0 aliphatic carbocycles. The van der Waals surface area contributed by atoms with Gasteiger partial charge in [-0.05, 0) is 47.6 Å². The van der Waals surface area contributed by atoms with Gasteiger partial charge in [-0.1, -0.05) is 23.7 Å². The predicted molar refractivity (Wildman–Crippen MR) is 62.7 cm³/mol. The van der Waals surface area contributed by atoms with E-state index in [2.05, 4.69) is 28.7 Å². The van der Waals surface area contributed by atoms with Crippen LogP contribution in [0.1, 0.15) is 12.5 Å². The van der Waals surface area contributed by atoms with E-state index in [1.165, 1.54) is 0 Å². The third-order valence-corrected chi connectivity index (χ3v) is 3.69. The Morgan fingerprint density at radius 1 is 1.62 bits per heavy atom. The van der Waals surface area contributed by atoms with Gasteiger partial charge in [0.05, 0.1) is 11.1 Å². The first-order valence-electron chi connectivity index (χ1n) is 3.97.